The molecule has 2 unspecified atom stereocenters. The monoisotopic (exact) mass is 518 g/mol. The first-order valence-electron chi connectivity index (χ1n) is 9.63. The number of halogens is 1. The first kappa shape index (κ1) is 22.0. The molecule has 2 aliphatic rings. The number of rotatable bonds is 3. The number of ether oxygens (including phenoxy) is 2. The molecule has 0 saturated carbocycles. The highest BCUT2D eigenvalue weighted by Crippen LogP contribution is 2.65. The molecule has 33 heavy (non-hydrogen) atoms. The quantitative estimate of drug-likeness (QED) is 0.455. The van der Waals surface area contributed by atoms with Gasteiger partial charge in [0.15, 0.2) is 0 Å². The number of nitrogens with one attached hydrogen (secondary N) is 2. The molecule has 8 nitrogen and oxygen atoms in total. The zero-order chi connectivity index (χ0) is 23.3. The maximum atomic E-state index is 12.8. The second kappa shape index (κ2) is 8.22. The van der Waals surface area contributed by atoms with E-state index in [1.165, 1.54) is 11.4 Å². The SMILES string of the molecule is COc1ccc(P2(=S)N=C3Oc4[nH]c(=O)[nH]c(=O)c4C(c4ccc(Cl)cc4)C3=C(N)S2)cc1. The number of hydrogen-bond acceptors (Lipinski definition) is 7. The van der Waals surface area contributed by atoms with Crippen LogP contribution in [-0.4, -0.2) is 23.0 Å². The third-order valence-electron chi connectivity index (χ3n) is 5.26. The molecule has 168 valence electrons. The van der Waals surface area contributed by atoms with Crippen molar-refractivity contribution in [1.29, 1.82) is 0 Å². The smallest absolute Gasteiger partial charge is 0.328 e. The van der Waals surface area contributed by atoms with Gasteiger partial charge >= 0.3 is 5.69 Å². The molecule has 12 heteroatoms. The molecule has 0 aliphatic carbocycles. The lowest BCUT2D eigenvalue weighted by molar-refractivity contribution is 0.415. The van der Waals surface area contributed by atoms with Crippen LogP contribution in [0.1, 0.15) is 17.0 Å². The van der Waals surface area contributed by atoms with Crippen molar-refractivity contribution < 1.29 is 9.47 Å². The summed E-state index contributed by atoms with van der Waals surface area (Å²) in [5, 5.41) is -0.854. The summed E-state index contributed by atoms with van der Waals surface area (Å²) in [6, 6.07) is 14.4. The molecule has 0 spiro atoms. The number of aromatic nitrogens is 2. The lowest BCUT2D eigenvalue weighted by atomic mass is 9.84. The van der Waals surface area contributed by atoms with Gasteiger partial charge in [0.05, 0.1) is 29.2 Å². The highest BCUT2D eigenvalue weighted by molar-refractivity contribution is 8.74. The van der Waals surface area contributed by atoms with Gasteiger partial charge in [-0.15, -0.1) is 0 Å². The standard InChI is InChI=1S/C21H16ClN4O4PS2/c1-29-12-6-8-13(9-7-12)31(32)26-20-15(17(23)33-31)14(10-2-4-11(22)5-3-10)16-18(27)24-21(28)25-19(16)30-20/h2-9,14H,23H2,1H3,(H2,24,25,27,28). The Morgan fingerprint density at radius 2 is 1.85 bits per heavy atom. The first-order chi connectivity index (χ1) is 15.8. The van der Waals surface area contributed by atoms with Gasteiger partial charge in [-0.25, -0.2) is 9.56 Å². The topological polar surface area (TPSA) is 123 Å². The predicted octanol–water partition coefficient (Wildman–Crippen LogP) is 3.20. The summed E-state index contributed by atoms with van der Waals surface area (Å²) in [6.07, 6.45) is 0. The second-order valence-electron chi connectivity index (χ2n) is 7.23. The Morgan fingerprint density at radius 1 is 1.15 bits per heavy atom. The Labute approximate surface area is 201 Å². The zero-order valence-corrected chi connectivity index (χ0v) is 20.3. The summed E-state index contributed by atoms with van der Waals surface area (Å²) in [5.41, 5.74) is 6.81. The van der Waals surface area contributed by atoms with Crippen molar-refractivity contribution in [2.75, 3.05) is 7.11 Å². The Bertz CT molecular complexity index is 1500. The van der Waals surface area contributed by atoms with Crippen LogP contribution in [0.15, 0.2) is 73.5 Å². The van der Waals surface area contributed by atoms with Gasteiger partial charge < -0.3 is 15.2 Å². The van der Waals surface area contributed by atoms with Crippen LogP contribution in [0.2, 0.25) is 5.02 Å². The molecule has 0 amide bonds. The van der Waals surface area contributed by atoms with Gasteiger partial charge in [0.1, 0.15) is 11.1 Å². The summed E-state index contributed by atoms with van der Waals surface area (Å²) >= 11 is 13.3. The van der Waals surface area contributed by atoms with E-state index in [9.17, 15) is 9.59 Å². The van der Waals surface area contributed by atoms with Crippen LogP contribution < -0.4 is 31.8 Å². The molecule has 4 N–H and O–H groups in total. The van der Waals surface area contributed by atoms with Crippen molar-refractivity contribution in [1.82, 2.24) is 9.97 Å². The van der Waals surface area contributed by atoms with E-state index in [0.717, 1.165) is 10.9 Å². The Morgan fingerprint density at radius 3 is 2.52 bits per heavy atom. The summed E-state index contributed by atoms with van der Waals surface area (Å²) in [6.45, 7) is 0. The van der Waals surface area contributed by atoms with E-state index in [4.69, 9.17) is 43.4 Å². The highest BCUT2D eigenvalue weighted by atomic mass is 35.5. The van der Waals surface area contributed by atoms with Gasteiger partial charge in [-0.2, -0.15) is 0 Å². The van der Waals surface area contributed by atoms with Crippen molar-refractivity contribution >= 4 is 51.4 Å². The number of fused-ring (bicyclic) bond motifs is 2. The minimum Gasteiger partial charge on any atom is -0.497 e. The van der Waals surface area contributed by atoms with Crippen molar-refractivity contribution in [3.8, 4) is 11.6 Å². The van der Waals surface area contributed by atoms with Gasteiger partial charge in [0, 0.05) is 10.3 Å². The third-order valence-corrected chi connectivity index (χ3v) is 11.3. The molecular weight excluding hydrogens is 503 g/mol. The van der Waals surface area contributed by atoms with Crippen molar-refractivity contribution in [3.05, 3.63) is 96.1 Å². The highest BCUT2D eigenvalue weighted by Gasteiger charge is 2.42. The van der Waals surface area contributed by atoms with Crippen LogP contribution in [0.5, 0.6) is 11.6 Å². The van der Waals surface area contributed by atoms with E-state index < -0.39 is 22.6 Å². The number of benzene rings is 2. The normalized spacial score (nSPS) is 21.5. The minimum absolute atomic E-state index is 0.0159. The van der Waals surface area contributed by atoms with Gasteiger partial charge in [-0.3, -0.25) is 14.8 Å². The van der Waals surface area contributed by atoms with Gasteiger partial charge in [0.25, 0.3) is 5.56 Å². The Balaban J connectivity index is 1.72. The molecule has 0 saturated heterocycles. The molecule has 5 rings (SSSR count). The fourth-order valence-electron chi connectivity index (χ4n) is 3.75. The van der Waals surface area contributed by atoms with Crippen LogP contribution in [0.3, 0.4) is 0 Å². The number of nitrogens with zero attached hydrogens (tertiary/aromatic N) is 1. The van der Waals surface area contributed by atoms with Crippen LogP contribution in [0.4, 0.5) is 0 Å². The number of aromatic amines is 2. The van der Waals surface area contributed by atoms with Crippen molar-refractivity contribution in [2.45, 2.75) is 5.92 Å². The Hall–Kier alpha value is -2.78. The third kappa shape index (κ3) is 3.83. The maximum absolute atomic E-state index is 12.8. The van der Waals surface area contributed by atoms with Crippen LogP contribution in [-0.2, 0) is 11.8 Å². The molecule has 2 aliphatic heterocycles. The molecule has 1 aromatic heterocycles. The van der Waals surface area contributed by atoms with E-state index in [1.54, 1.807) is 31.4 Å². The van der Waals surface area contributed by atoms with E-state index >= 15 is 0 Å². The Kier molecular flexibility index (Phi) is 5.49. The molecule has 3 aromatic rings. The largest absolute Gasteiger partial charge is 0.497 e. The van der Waals surface area contributed by atoms with E-state index in [2.05, 4.69) is 9.97 Å². The van der Waals surface area contributed by atoms with Crippen LogP contribution in [0.25, 0.3) is 0 Å². The van der Waals surface area contributed by atoms with Crippen LogP contribution in [0, 0.1) is 0 Å². The average molecular weight is 519 g/mol. The maximum Gasteiger partial charge on any atom is 0.328 e. The first-order valence-corrected chi connectivity index (χ1v) is 14.2. The molecular formula is C21H16ClN4O4PS2. The molecule has 3 heterocycles. The molecule has 2 aromatic carbocycles. The molecule has 0 bridgehead atoms. The lowest BCUT2D eigenvalue weighted by Crippen LogP contribution is -2.37. The minimum atomic E-state index is -2.63. The number of methoxy groups -OCH3 is 1. The van der Waals surface area contributed by atoms with Gasteiger partial charge in [-0.05, 0) is 53.3 Å². The van der Waals surface area contributed by atoms with Crippen LogP contribution >= 0.6 is 28.4 Å². The lowest BCUT2D eigenvalue weighted by Gasteiger charge is -2.34. The predicted molar refractivity (Wildman–Crippen MR) is 135 cm³/mol. The fourth-order valence-corrected chi connectivity index (χ4v) is 9.05. The summed E-state index contributed by atoms with van der Waals surface area (Å²) in [5.74, 6) is 0.278. The van der Waals surface area contributed by atoms with Crippen molar-refractivity contribution in [2.24, 2.45) is 10.5 Å². The molecule has 2 atom stereocenters. The second-order valence-corrected chi connectivity index (χ2v) is 14.5. The average Bonchev–Trinajstić information content (AvgIpc) is 2.78. The molecule has 0 fully saturated rings. The summed E-state index contributed by atoms with van der Waals surface area (Å²) in [4.78, 5) is 29.6. The summed E-state index contributed by atoms with van der Waals surface area (Å²) in [7, 11) is 1.59. The van der Waals surface area contributed by atoms with E-state index in [-0.39, 0.29) is 17.3 Å². The zero-order valence-electron chi connectivity index (χ0n) is 17.0. The number of H-pyrrole nitrogens is 2. The van der Waals surface area contributed by atoms with E-state index in [0.29, 0.717) is 21.4 Å². The van der Waals surface area contributed by atoms with E-state index in [1.807, 2.05) is 24.3 Å². The number of hydrogen-bond donors (Lipinski definition) is 3. The summed E-state index contributed by atoms with van der Waals surface area (Å²) < 4.78 is 16.0. The van der Waals surface area contributed by atoms with Gasteiger partial charge in [-0.1, -0.05) is 35.5 Å². The number of nitrogens with two attached hydrogens (primary N) is 1. The van der Waals surface area contributed by atoms with Crippen molar-refractivity contribution in [3.63, 3.8) is 0 Å². The van der Waals surface area contributed by atoms with Gasteiger partial charge in [0.2, 0.25) is 11.8 Å². The molecule has 0 radical (unpaired) electrons. The fraction of sp³-hybridized carbons (Fsp3) is 0.0952.